The highest BCUT2D eigenvalue weighted by atomic mass is 32.1. The molecule has 0 aliphatic carbocycles. The fraction of sp³-hybridized carbons (Fsp3) is 0.667. The maximum absolute atomic E-state index is 12.1. The topological polar surface area (TPSA) is 59.2 Å². The van der Waals surface area contributed by atoms with E-state index in [1.165, 1.54) is 0 Å². The van der Waals surface area contributed by atoms with E-state index in [9.17, 15) is 4.79 Å². The van der Waals surface area contributed by atoms with E-state index in [-0.39, 0.29) is 17.7 Å². The van der Waals surface area contributed by atoms with Crippen LogP contribution in [0.3, 0.4) is 0 Å². The van der Waals surface area contributed by atoms with Crippen LogP contribution in [0, 0.1) is 18.8 Å². The number of hydrogen-bond acceptors (Lipinski definition) is 4. The van der Waals surface area contributed by atoms with E-state index < -0.39 is 0 Å². The summed E-state index contributed by atoms with van der Waals surface area (Å²) in [5, 5.41) is 3.02. The van der Waals surface area contributed by atoms with Crippen LogP contribution in [0.2, 0.25) is 0 Å². The lowest BCUT2D eigenvalue weighted by Gasteiger charge is -2.24. The summed E-state index contributed by atoms with van der Waals surface area (Å²) >= 11 is 1.60. The summed E-state index contributed by atoms with van der Waals surface area (Å²) in [6.45, 7) is 6.97. The molecule has 0 saturated heterocycles. The van der Waals surface area contributed by atoms with E-state index in [4.69, 9.17) is 5.73 Å². The summed E-state index contributed by atoms with van der Waals surface area (Å²) in [6, 6.07) is 0. The first-order valence-corrected chi connectivity index (χ1v) is 6.69. The predicted octanol–water partition coefficient (Wildman–Crippen LogP) is 1.64. The molecule has 1 rings (SSSR count). The number of nitrogens with two attached hydrogens (primary N) is 1. The van der Waals surface area contributed by atoms with Gasteiger partial charge >= 0.3 is 0 Å². The van der Waals surface area contributed by atoms with Crippen molar-refractivity contribution in [3.63, 3.8) is 0 Å². The minimum Gasteiger partial charge on any atom is -0.340 e. The lowest BCUT2D eigenvalue weighted by Crippen LogP contribution is -2.38. The number of aryl methyl sites for hydroxylation is 1. The molecule has 1 amide bonds. The molecule has 0 bridgehead atoms. The lowest BCUT2D eigenvalue weighted by molar-refractivity contribution is -0.135. The number of aromatic nitrogens is 1. The summed E-state index contributed by atoms with van der Waals surface area (Å²) in [5.41, 5.74) is 6.60. The number of nitrogens with zero attached hydrogens (tertiary/aromatic N) is 2. The Bertz CT molecular complexity index is 376. The number of carbonyl (C=O) groups is 1. The van der Waals surface area contributed by atoms with Gasteiger partial charge in [-0.25, -0.2) is 4.98 Å². The Morgan fingerprint density at radius 1 is 1.59 bits per heavy atom. The molecule has 1 aromatic heterocycles. The van der Waals surface area contributed by atoms with Crippen molar-refractivity contribution in [3.8, 4) is 0 Å². The van der Waals surface area contributed by atoms with Crippen LogP contribution >= 0.6 is 11.3 Å². The van der Waals surface area contributed by atoms with Crippen molar-refractivity contribution < 1.29 is 4.79 Å². The maximum atomic E-state index is 12.1. The van der Waals surface area contributed by atoms with Crippen molar-refractivity contribution in [2.24, 2.45) is 17.6 Å². The standard InChI is InChI=1S/C12H21N3OS/c1-8(2)11(5-13)12(16)15(4)6-10-7-17-9(3)14-10/h7-8,11H,5-6,13H2,1-4H3. The SMILES string of the molecule is Cc1nc(CN(C)C(=O)C(CN)C(C)C)cs1. The van der Waals surface area contributed by atoms with Crippen LogP contribution in [-0.2, 0) is 11.3 Å². The van der Waals surface area contributed by atoms with Crippen molar-refractivity contribution in [2.75, 3.05) is 13.6 Å². The zero-order valence-electron chi connectivity index (χ0n) is 10.9. The van der Waals surface area contributed by atoms with Gasteiger partial charge in [-0.1, -0.05) is 13.8 Å². The number of amides is 1. The second kappa shape index (κ2) is 6.12. The van der Waals surface area contributed by atoms with Crippen LogP contribution in [-0.4, -0.2) is 29.4 Å². The number of carbonyl (C=O) groups excluding carboxylic acids is 1. The highest BCUT2D eigenvalue weighted by Gasteiger charge is 2.24. The first-order chi connectivity index (χ1) is 7.95. The molecule has 0 fully saturated rings. The van der Waals surface area contributed by atoms with Gasteiger partial charge in [0.1, 0.15) is 0 Å². The Kier molecular flexibility index (Phi) is 5.08. The van der Waals surface area contributed by atoms with Gasteiger partial charge in [0, 0.05) is 19.0 Å². The molecule has 0 aromatic carbocycles. The number of hydrogen-bond donors (Lipinski definition) is 1. The number of thiazole rings is 1. The zero-order valence-corrected chi connectivity index (χ0v) is 11.8. The molecular weight excluding hydrogens is 234 g/mol. The Morgan fingerprint density at radius 2 is 2.24 bits per heavy atom. The molecule has 1 unspecified atom stereocenters. The fourth-order valence-corrected chi connectivity index (χ4v) is 2.35. The van der Waals surface area contributed by atoms with Gasteiger partial charge in [0.15, 0.2) is 0 Å². The summed E-state index contributed by atoms with van der Waals surface area (Å²) in [4.78, 5) is 18.2. The second-order valence-corrected chi connectivity index (χ2v) is 5.70. The number of rotatable bonds is 5. The van der Waals surface area contributed by atoms with Crippen molar-refractivity contribution in [1.29, 1.82) is 0 Å². The Labute approximate surface area is 107 Å². The molecule has 0 saturated carbocycles. The first-order valence-electron chi connectivity index (χ1n) is 5.81. The summed E-state index contributed by atoms with van der Waals surface area (Å²) in [6.07, 6.45) is 0. The molecular formula is C12H21N3OS. The molecule has 4 nitrogen and oxygen atoms in total. The lowest BCUT2D eigenvalue weighted by atomic mass is 9.94. The van der Waals surface area contributed by atoms with Crippen molar-refractivity contribution in [1.82, 2.24) is 9.88 Å². The van der Waals surface area contributed by atoms with E-state index in [2.05, 4.69) is 4.98 Å². The summed E-state index contributed by atoms with van der Waals surface area (Å²) < 4.78 is 0. The normalized spacial score (nSPS) is 12.8. The largest absolute Gasteiger partial charge is 0.340 e. The molecule has 96 valence electrons. The van der Waals surface area contributed by atoms with Crippen LogP contribution < -0.4 is 5.73 Å². The molecule has 17 heavy (non-hydrogen) atoms. The third-order valence-electron chi connectivity index (χ3n) is 2.82. The van der Waals surface area contributed by atoms with E-state index in [0.29, 0.717) is 13.1 Å². The molecule has 2 N–H and O–H groups in total. The van der Waals surface area contributed by atoms with Crippen LogP contribution in [0.15, 0.2) is 5.38 Å². The van der Waals surface area contributed by atoms with Crippen molar-refractivity contribution >= 4 is 17.2 Å². The highest BCUT2D eigenvalue weighted by molar-refractivity contribution is 7.09. The predicted molar refractivity (Wildman–Crippen MR) is 70.7 cm³/mol. The quantitative estimate of drug-likeness (QED) is 0.870. The summed E-state index contributed by atoms with van der Waals surface area (Å²) in [5.74, 6) is 0.278. The minimum absolute atomic E-state index is 0.0975. The smallest absolute Gasteiger partial charge is 0.227 e. The van der Waals surface area contributed by atoms with Gasteiger partial charge in [-0.2, -0.15) is 0 Å². The molecule has 0 aliphatic heterocycles. The van der Waals surface area contributed by atoms with Gasteiger partial charge in [0.05, 0.1) is 23.2 Å². The Hall–Kier alpha value is -0.940. The van der Waals surface area contributed by atoms with Crippen LogP contribution in [0.5, 0.6) is 0 Å². The second-order valence-electron chi connectivity index (χ2n) is 4.64. The van der Waals surface area contributed by atoms with Gasteiger partial charge in [0.25, 0.3) is 0 Å². The first kappa shape index (κ1) is 14.1. The molecule has 1 heterocycles. The van der Waals surface area contributed by atoms with Crippen molar-refractivity contribution in [2.45, 2.75) is 27.3 Å². The van der Waals surface area contributed by atoms with Gasteiger partial charge in [-0.15, -0.1) is 11.3 Å². The van der Waals surface area contributed by atoms with E-state index >= 15 is 0 Å². The van der Waals surface area contributed by atoms with Gasteiger partial charge < -0.3 is 10.6 Å². The fourth-order valence-electron chi connectivity index (χ4n) is 1.74. The Balaban J connectivity index is 2.63. The van der Waals surface area contributed by atoms with Gasteiger partial charge in [-0.05, 0) is 12.8 Å². The molecule has 1 atom stereocenters. The van der Waals surface area contributed by atoms with Gasteiger partial charge in [0.2, 0.25) is 5.91 Å². The van der Waals surface area contributed by atoms with Crippen LogP contribution in [0.1, 0.15) is 24.5 Å². The van der Waals surface area contributed by atoms with Gasteiger partial charge in [-0.3, -0.25) is 4.79 Å². The van der Waals surface area contributed by atoms with E-state index in [0.717, 1.165) is 10.7 Å². The van der Waals surface area contributed by atoms with E-state index in [1.807, 2.05) is 33.2 Å². The molecule has 0 radical (unpaired) electrons. The van der Waals surface area contributed by atoms with Crippen molar-refractivity contribution in [3.05, 3.63) is 16.1 Å². The monoisotopic (exact) mass is 255 g/mol. The maximum Gasteiger partial charge on any atom is 0.227 e. The van der Waals surface area contributed by atoms with Crippen LogP contribution in [0.4, 0.5) is 0 Å². The minimum atomic E-state index is -0.0975. The third kappa shape index (κ3) is 3.78. The molecule has 0 aliphatic rings. The molecule has 0 spiro atoms. The summed E-state index contributed by atoms with van der Waals surface area (Å²) in [7, 11) is 1.81. The van der Waals surface area contributed by atoms with E-state index in [1.54, 1.807) is 16.2 Å². The van der Waals surface area contributed by atoms with Crippen LogP contribution in [0.25, 0.3) is 0 Å². The average Bonchev–Trinajstić information content (AvgIpc) is 2.64. The third-order valence-corrected chi connectivity index (χ3v) is 3.64. The Morgan fingerprint density at radius 3 is 2.65 bits per heavy atom. The zero-order chi connectivity index (χ0) is 13.0. The molecule has 1 aromatic rings. The highest BCUT2D eigenvalue weighted by Crippen LogP contribution is 2.15. The average molecular weight is 255 g/mol. The molecule has 5 heteroatoms.